The van der Waals surface area contributed by atoms with Crippen LogP contribution in [0.3, 0.4) is 0 Å². The fourth-order valence-electron chi connectivity index (χ4n) is 0.942. The zero-order chi connectivity index (χ0) is 18.3. The number of hydrogen-bond acceptors (Lipinski definition) is 5. The lowest BCUT2D eigenvalue weighted by Crippen LogP contribution is -2.02. The smallest absolute Gasteiger partial charge is 0.305 e. The normalized spacial score (nSPS) is 8.96. The molecule has 0 radical (unpaired) electrons. The molecule has 6 heteroatoms. The van der Waals surface area contributed by atoms with Gasteiger partial charge in [-0.2, -0.15) is 0 Å². The largest absolute Gasteiger partial charge is 0.466 e. The third-order valence-corrected chi connectivity index (χ3v) is 2.70. The molecule has 0 aliphatic rings. The molecule has 140 valence electrons. The van der Waals surface area contributed by atoms with Crippen LogP contribution in [0.4, 0.5) is 0 Å². The Labute approximate surface area is 147 Å². The van der Waals surface area contributed by atoms with Crippen LogP contribution in [-0.2, 0) is 19.1 Å². The lowest BCUT2D eigenvalue weighted by Gasteiger charge is -1.99. The van der Waals surface area contributed by atoms with Crippen LogP contribution in [0, 0.1) is 0 Å². The zero-order valence-corrected chi connectivity index (χ0v) is 16.1. The number of halogens is 1. The summed E-state index contributed by atoms with van der Waals surface area (Å²) in [4.78, 5) is 20.9. The molecule has 0 fully saturated rings. The van der Waals surface area contributed by atoms with E-state index < -0.39 is 0 Å². The fourth-order valence-corrected chi connectivity index (χ4v) is 1.10. The Morgan fingerprint density at radius 2 is 1.22 bits per heavy atom. The predicted molar refractivity (Wildman–Crippen MR) is 96.7 cm³/mol. The summed E-state index contributed by atoms with van der Waals surface area (Å²) in [6.07, 6.45) is 6.03. The summed E-state index contributed by atoms with van der Waals surface area (Å²) in [5.74, 6) is 0.503. The van der Waals surface area contributed by atoms with Crippen molar-refractivity contribution in [2.75, 3.05) is 25.6 Å². The van der Waals surface area contributed by atoms with Crippen LogP contribution < -0.4 is 5.73 Å². The van der Waals surface area contributed by atoms with Crippen molar-refractivity contribution >= 4 is 23.5 Å². The Morgan fingerprint density at radius 3 is 1.39 bits per heavy atom. The Hall–Kier alpha value is -0.810. The van der Waals surface area contributed by atoms with Gasteiger partial charge >= 0.3 is 11.9 Å². The van der Waals surface area contributed by atoms with E-state index in [0.717, 1.165) is 32.1 Å². The average molecular weight is 354 g/mol. The number of carbonyl (C=O) groups excluding carboxylic acids is 2. The van der Waals surface area contributed by atoms with E-state index in [2.05, 4.69) is 13.8 Å². The molecule has 0 heterocycles. The van der Waals surface area contributed by atoms with E-state index in [4.69, 9.17) is 26.8 Å². The molecule has 0 aromatic carbocycles. The predicted octanol–water partition coefficient (Wildman–Crippen LogP) is 4.05. The van der Waals surface area contributed by atoms with Crippen LogP contribution in [0.1, 0.15) is 72.6 Å². The summed E-state index contributed by atoms with van der Waals surface area (Å²) in [6, 6.07) is 0. The summed E-state index contributed by atoms with van der Waals surface area (Å²) < 4.78 is 9.59. The van der Waals surface area contributed by atoms with Crippen LogP contribution in [0.15, 0.2) is 0 Å². The van der Waals surface area contributed by atoms with E-state index in [1.54, 1.807) is 13.8 Å². The van der Waals surface area contributed by atoms with E-state index >= 15 is 0 Å². The summed E-state index contributed by atoms with van der Waals surface area (Å²) >= 11 is 5.22. The second-order valence-corrected chi connectivity index (χ2v) is 5.06. The standard InChI is InChI=1S/2C7H14O2.C3H8ClN/c2*1-3-5-6-9-7(8)4-2;4-2-1-3-5/h2*3-6H2,1-2H3;1-3,5H2. The lowest BCUT2D eigenvalue weighted by molar-refractivity contribution is -0.144. The highest BCUT2D eigenvalue weighted by Gasteiger charge is 1.95. The molecule has 0 aliphatic carbocycles. The van der Waals surface area contributed by atoms with Crippen LogP contribution in [0.5, 0.6) is 0 Å². The summed E-state index contributed by atoms with van der Waals surface area (Å²) in [6.45, 7) is 9.62. The number of rotatable bonds is 10. The number of ether oxygens (including phenoxy) is 2. The molecular formula is C17H36ClNO4. The quantitative estimate of drug-likeness (QED) is 0.364. The highest BCUT2D eigenvalue weighted by atomic mass is 35.5. The molecule has 0 aromatic rings. The molecule has 0 spiro atoms. The summed E-state index contributed by atoms with van der Waals surface area (Å²) in [5.41, 5.74) is 5.05. The molecule has 0 unspecified atom stereocenters. The highest BCUT2D eigenvalue weighted by molar-refractivity contribution is 6.17. The number of unbranched alkanes of at least 4 members (excludes halogenated alkanes) is 2. The van der Waals surface area contributed by atoms with Crippen molar-refractivity contribution in [3.05, 3.63) is 0 Å². The van der Waals surface area contributed by atoms with Gasteiger partial charge in [-0.1, -0.05) is 40.5 Å². The Bertz CT molecular complexity index is 227. The van der Waals surface area contributed by atoms with Crippen molar-refractivity contribution in [1.29, 1.82) is 0 Å². The van der Waals surface area contributed by atoms with E-state index in [1.807, 2.05) is 0 Å². The van der Waals surface area contributed by atoms with Gasteiger partial charge in [-0.15, -0.1) is 11.6 Å². The van der Waals surface area contributed by atoms with Gasteiger partial charge in [0, 0.05) is 18.7 Å². The van der Waals surface area contributed by atoms with Crippen LogP contribution in [0.25, 0.3) is 0 Å². The maximum absolute atomic E-state index is 10.5. The molecule has 0 bridgehead atoms. The van der Waals surface area contributed by atoms with Crippen molar-refractivity contribution in [2.45, 2.75) is 72.6 Å². The van der Waals surface area contributed by atoms with Gasteiger partial charge in [0.25, 0.3) is 0 Å². The molecule has 23 heavy (non-hydrogen) atoms. The fraction of sp³-hybridized carbons (Fsp3) is 0.882. The molecule has 0 rings (SSSR count). The van der Waals surface area contributed by atoms with Gasteiger partial charge in [0.1, 0.15) is 0 Å². The maximum atomic E-state index is 10.5. The van der Waals surface area contributed by atoms with E-state index in [9.17, 15) is 9.59 Å². The average Bonchev–Trinajstić information content (AvgIpc) is 2.57. The highest BCUT2D eigenvalue weighted by Crippen LogP contribution is 1.90. The van der Waals surface area contributed by atoms with E-state index in [0.29, 0.717) is 38.5 Å². The first-order valence-corrected chi connectivity index (χ1v) is 9.14. The van der Waals surface area contributed by atoms with Gasteiger partial charge in [0.05, 0.1) is 13.2 Å². The molecule has 0 aromatic heterocycles. The number of hydrogen-bond donors (Lipinski definition) is 1. The molecule has 0 saturated carbocycles. The summed E-state index contributed by atoms with van der Waals surface area (Å²) in [7, 11) is 0. The van der Waals surface area contributed by atoms with E-state index in [-0.39, 0.29) is 11.9 Å². The first kappa shape index (κ1) is 27.1. The lowest BCUT2D eigenvalue weighted by atomic mass is 10.4. The first-order valence-electron chi connectivity index (χ1n) is 8.60. The molecule has 5 nitrogen and oxygen atoms in total. The van der Waals surface area contributed by atoms with Crippen molar-refractivity contribution in [3.63, 3.8) is 0 Å². The minimum atomic E-state index is -0.0940. The number of esters is 2. The molecule has 0 atom stereocenters. The minimum absolute atomic E-state index is 0.0940. The van der Waals surface area contributed by atoms with Gasteiger partial charge in [-0.25, -0.2) is 0 Å². The summed E-state index contributed by atoms with van der Waals surface area (Å²) in [5, 5.41) is 0. The second-order valence-electron chi connectivity index (χ2n) is 4.69. The Kier molecular flexibility index (Phi) is 30.7. The topological polar surface area (TPSA) is 78.6 Å². The van der Waals surface area contributed by atoms with Crippen molar-refractivity contribution in [2.24, 2.45) is 5.73 Å². The number of alkyl halides is 1. The molecular weight excluding hydrogens is 318 g/mol. The Balaban J connectivity index is -0.000000273. The number of nitrogens with two attached hydrogens (primary N) is 1. The number of carbonyl (C=O) groups is 2. The second kappa shape index (κ2) is 26.1. The van der Waals surface area contributed by atoms with Crippen molar-refractivity contribution in [3.8, 4) is 0 Å². The first-order chi connectivity index (χ1) is 11.0. The van der Waals surface area contributed by atoms with Gasteiger partial charge in [0.2, 0.25) is 0 Å². The van der Waals surface area contributed by atoms with Crippen LogP contribution in [-0.4, -0.2) is 37.6 Å². The van der Waals surface area contributed by atoms with E-state index in [1.165, 1.54) is 0 Å². The van der Waals surface area contributed by atoms with Gasteiger partial charge in [-0.3, -0.25) is 9.59 Å². The minimum Gasteiger partial charge on any atom is -0.466 e. The molecule has 0 amide bonds. The maximum Gasteiger partial charge on any atom is 0.305 e. The van der Waals surface area contributed by atoms with Gasteiger partial charge in [-0.05, 0) is 25.8 Å². The van der Waals surface area contributed by atoms with Crippen LogP contribution >= 0.6 is 11.6 Å². The zero-order valence-electron chi connectivity index (χ0n) is 15.4. The van der Waals surface area contributed by atoms with Gasteiger partial charge < -0.3 is 15.2 Å². The van der Waals surface area contributed by atoms with Crippen molar-refractivity contribution < 1.29 is 19.1 Å². The van der Waals surface area contributed by atoms with Gasteiger partial charge in [0.15, 0.2) is 0 Å². The SMILES string of the molecule is CCCCOC(=O)CC.CCCCOC(=O)CC.NCCCCl. The molecule has 0 aliphatic heterocycles. The Morgan fingerprint density at radius 1 is 0.826 bits per heavy atom. The third kappa shape index (κ3) is 33.8. The van der Waals surface area contributed by atoms with Crippen molar-refractivity contribution in [1.82, 2.24) is 0 Å². The van der Waals surface area contributed by atoms with Crippen LogP contribution in [0.2, 0.25) is 0 Å². The third-order valence-electron chi connectivity index (χ3n) is 2.44. The molecule has 0 saturated heterocycles. The molecule has 2 N–H and O–H groups in total. The monoisotopic (exact) mass is 353 g/mol.